The zero-order valence-corrected chi connectivity index (χ0v) is 19.8. The van der Waals surface area contributed by atoms with E-state index in [-0.39, 0.29) is 17.4 Å². The van der Waals surface area contributed by atoms with E-state index in [4.69, 9.17) is 0 Å². The second kappa shape index (κ2) is 9.22. The lowest BCUT2D eigenvalue weighted by atomic mass is 9.69. The lowest BCUT2D eigenvalue weighted by Crippen LogP contribution is -2.24. The Balaban J connectivity index is 1.48. The van der Waals surface area contributed by atoms with E-state index in [1.807, 2.05) is 60.7 Å². The largest absolute Gasteiger partial charge is 0.478 e. The van der Waals surface area contributed by atoms with Gasteiger partial charge in [-0.05, 0) is 59.7 Å². The SMILES string of the molecule is CN(C)C(=O)c1cccc(-c2cccc(-n3ncc(C(=O)O)c3C3CC(c4ccccc4)C3)c2)c1. The van der Waals surface area contributed by atoms with E-state index in [0.29, 0.717) is 11.5 Å². The molecule has 0 bridgehead atoms. The second-order valence-corrected chi connectivity index (χ2v) is 9.27. The molecule has 1 saturated carbocycles. The molecule has 3 aromatic carbocycles. The van der Waals surface area contributed by atoms with Crippen LogP contribution in [0.1, 0.15) is 56.7 Å². The Morgan fingerprint density at radius 2 is 1.57 bits per heavy atom. The summed E-state index contributed by atoms with van der Waals surface area (Å²) in [7, 11) is 3.47. The normalized spacial score (nSPS) is 17.0. The van der Waals surface area contributed by atoms with Gasteiger partial charge in [-0.2, -0.15) is 5.10 Å². The standard InChI is InChI=1S/C29H27N3O3/c1-31(2)28(33)22-12-6-10-20(14-22)21-11-7-13-25(17-21)32-27(26(18-30-32)29(34)35)24-15-23(16-24)19-8-4-3-5-9-19/h3-14,17-18,23-24H,15-16H2,1-2H3,(H,34,35). The molecule has 35 heavy (non-hydrogen) atoms. The Kier molecular flexibility index (Phi) is 5.95. The molecule has 176 valence electrons. The maximum absolute atomic E-state index is 12.4. The fourth-order valence-electron chi connectivity index (χ4n) is 4.87. The van der Waals surface area contributed by atoms with Crippen LogP contribution in [0, 0.1) is 0 Å². The molecule has 1 aliphatic carbocycles. The van der Waals surface area contributed by atoms with Crippen molar-refractivity contribution in [2.45, 2.75) is 24.7 Å². The molecule has 0 spiro atoms. The van der Waals surface area contributed by atoms with E-state index in [1.165, 1.54) is 11.8 Å². The van der Waals surface area contributed by atoms with Crippen molar-refractivity contribution in [1.82, 2.24) is 14.7 Å². The summed E-state index contributed by atoms with van der Waals surface area (Å²) in [6.07, 6.45) is 3.24. The first kappa shape index (κ1) is 22.6. The summed E-state index contributed by atoms with van der Waals surface area (Å²) in [5, 5.41) is 14.3. The van der Waals surface area contributed by atoms with Gasteiger partial charge in [-0.25, -0.2) is 9.48 Å². The Bertz CT molecular complexity index is 1390. The van der Waals surface area contributed by atoms with Crippen LogP contribution in [0.15, 0.2) is 85.1 Å². The zero-order chi connectivity index (χ0) is 24.5. The van der Waals surface area contributed by atoms with Gasteiger partial charge in [0.05, 0.1) is 17.6 Å². The van der Waals surface area contributed by atoms with Crippen LogP contribution in [-0.4, -0.2) is 45.8 Å². The summed E-state index contributed by atoms with van der Waals surface area (Å²) in [6, 6.07) is 25.7. The summed E-state index contributed by atoms with van der Waals surface area (Å²) >= 11 is 0. The molecule has 0 saturated heterocycles. The molecular weight excluding hydrogens is 438 g/mol. The highest BCUT2D eigenvalue weighted by atomic mass is 16.4. The molecule has 1 amide bonds. The van der Waals surface area contributed by atoms with E-state index in [2.05, 4.69) is 17.2 Å². The van der Waals surface area contributed by atoms with Gasteiger partial charge < -0.3 is 10.0 Å². The van der Waals surface area contributed by atoms with Gasteiger partial charge in [-0.3, -0.25) is 4.79 Å². The number of rotatable bonds is 6. The minimum Gasteiger partial charge on any atom is -0.478 e. The summed E-state index contributed by atoms with van der Waals surface area (Å²) in [4.78, 5) is 26.0. The molecule has 0 atom stereocenters. The molecule has 0 unspecified atom stereocenters. The van der Waals surface area contributed by atoms with Crippen LogP contribution in [0.3, 0.4) is 0 Å². The quantitative estimate of drug-likeness (QED) is 0.402. The van der Waals surface area contributed by atoms with Gasteiger partial charge in [-0.15, -0.1) is 0 Å². The average molecular weight is 466 g/mol. The second-order valence-electron chi connectivity index (χ2n) is 9.27. The van der Waals surface area contributed by atoms with Gasteiger partial charge in [0, 0.05) is 25.6 Å². The molecule has 4 aromatic rings. The highest BCUT2D eigenvalue weighted by Crippen LogP contribution is 2.48. The van der Waals surface area contributed by atoms with E-state index < -0.39 is 5.97 Å². The maximum atomic E-state index is 12.4. The number of amides is 1. The number of carboxylic acid groups (broad SMARTS) is 1. The lowest BCUT2D eigenvalue weighted by Gasteiger charge is -2.36. The molecule has 1 N–H and O–H groups in total. The third kappa shape index (κ3) is 4.35. The number of aromatic carboxylic acids is 1. The molecule has 0 radical (unpaired) electrons. The Hall–Kier alpha value is -4.19. The zero-order valence-electron chi connectivity index (χ0n) is 19.8. The third-order valence-corrected chi connectivity index (χ3v) is 6.77. The maximum Gasteiger partial charge on any atom is 0.339 e. The van der Waals surface area contributed by atoms with Crippen molar-refractivity contribution in [3.63, 3.8) is 0 Å². The minimum absolute atomic E-state index is 0.0542. The highest BCUT2D eigenvalue weighted by Gasteiger charge is 2.36. The van der Waals surface area contributed by atoms with E-state index in [1.54, 1.807) is 29.7 Å². The summed E-state index contributed by atoms with van der Waals surface area (Å²) < 4.78 is 1.77. The first-order valence-electron chi connectivity index (χ1n) is 11.7. The predicted octanol–water partition coefficient (Wildman–Crippen LogP) is 5.60. The van der Waals surface area contributed by atoms with Crippen molar-refractivity contribution in [1.29, 1.82) is 0 Å². The molecular formula is C29H27N3O3. The minimum atomic E-state index is -0.958. The number of aromatic nitrogens is 2. The van der Waals surface area contributed by atoms with Crippen LogP contribution < -0.4 is 0 Å². The summed E-state index contributed by atoms with van der Waals surface area (Å²) in [5.74, 6) is -0.463. The molecule has 1 aliphatic rings. The van der Waals surface area contributed by atoms with Gasteiger partial charge in [0.1, 0.15) is 5.56 Å². The van der Waals surface area contributed by atoms with Crippen LogP contribution in [0.25, 0.3) is 16.8 Å². The number of hydrogen-bond acceptors (Lipinski definition) is 3. The van der Waals surface area contributed by atoms with E-state index >= 15 is 0 Å². The number of nitrogens with zero attached hydrogens (tertiary/aromatic N) is 3. The van der Waals surface area contributed by atoms with Gasteiger partial charge in [0.2, 0.25) is 0 Å². The van der Waals surface area contributed by atoms with Crippen LogP contribution >= 0.6 is 0 Å². The summed E-state index contributed by atoms with van der Waals surface area (Å²) in [6.45, 7) is 0. The van der Waals surface area contributed by atoms with E-state index in [0.717, 1.165) is 35.3 Å². The molecule has 0 aliphatic heterocycles. The molecule has 1 fully saturated rings. The first-order valence-corrected chi connectivity index (χ1v) is 11.7. The smallest absolute Gasteiger partial charge is 0.339 e. The van der Waals surface area contributed by atoms with Gasteiger partial charge >= 0.3 is 5.97 Å². The molecule has 1 aromatic heterocycles. The number of carbonyl (C=O) groups excluding carboxylic acids is 1. The Morgan fingerprint density at radius 1 is 0.886 bits per heavy atom. The predicted molar refractivity (Wildman–Crippen MR) is 135 cm³/mol. The number of carbonyl (C=O) groups is 2. The molecule has 5 rings (SSSR count). The van der Waals surface area contributed by atoms with E-state index in [9.17, 15) is 14.7 Å². The van der Waals surface area contributed by atoms with Crippen molar-refractivity contribution in [3.05, 3.63) is 107 Å². The van der Waals surface area contributed by atoms with Crippen LogP contribution in [0.5, 0.6) is 0 Å². The van der Waals surface area contributed by atoms with Crippen molar-refractivity contribution in [3.8, 4) is 16.8 Å². The summed E-state index contributed by atoms with van der Waals surface area (Å²) in [5.41, 5.74) is 5.57. The molecule has 6 heteroatoms. The monoisotopic (exact) mass is 465 g/mol. The third-order valence-electron chi connectivity index (χ3n) is 6.77. The average Bonchev–Trinajstić information content (AvgIpc) is 3.28. The number of benzene rings is 3. The first-order chi connectivity index (χ1) is 16.9. The Labute approximate surface area is 204 Å². The van der Waals surface area contributed by atoms with Crippen molar-refractivity contribution < 1.29 is 14.7 Å². The molecule has 1 heterocycles. The fraction of sp³-hybridized carbons (Fsp3) is 0.207. The van der Waals surface area contributed by atoms with Crippen LogP contribution in [0.2, 0.25) is 0 Å². The Morgan fingerprint density at radius 3 is 2.26 bits per heavy atom. The lowest BCUT2D eigenvalue weighted by molar-refractivity contribution is 0.0693. The number of carboxylic acids is 1. The van der Waals surface area contributed by atoms with Crippen LogP contribution in [0.4, 0.5) is 0 Å². The van der Waals surface area contributed by atoms with Crippen molar-refractivity contribution in [2.24, 2.45) is 0 Å². The van der Waals surface area contributed by atoms with Gasteiger partial charge in [0.25, 0.3) is 5.91 Å². The van der Waals surface area contributed by atoms with Gasteiger partial charge in [-0.1, -0.05) is 54.6 Å². The fourth-order valence-corrected chi connectivity index (χ4v) is 4.87. The highest BCUT2D eigenvalue weighted by molar-refractivity contribution is 5.95. The molecule has 6 nitrogen and oxygen atoms in total. The number of hydrogen-bond donors (Lipinski definition) is 1. The van der Waals surface area contributed by atoms with Gasteiger partial charge in [0.15, 0.2) is 0 Å². The van der Waals surface area contributed by atoms with Crippen molar-refractivity contribution in [2.75, 3.05) is 14.1 Å². The van der Waals surface area contributed by atoms with Crippen LogP contribution in [-0.2, 0) is 0 Å². The topological polar surface area (TPSA) is 75.4 Å². The van der Waals surface area contributed by atoms with Crippen molar-refractivity contribution >= 4 is 11.9 Å².